The van der Waals surface area contributed by atoms with Gasteiger partial charge in [-0.25, -0.2) is 0 Å². The van der Waals surface area contributed by atoms with Crippen LogP contribution in [0.4, 0.5) is 0 Å². The topological polar surface area (TPSA) is 3.24 Å². The lowest BCUT2D eigenvalue weighted by atomic mass is 9.80. The van der Waals surface area contributed by atoms with Crippen LogP contribution in [-0.4, -0.2) is 24.5 Å². The van der Waals surface area contributed by atoms with Gasteiger partial charge in [0.2, 0.25) is 0 Å². The van der Waals surface area contributed by atoms with E-state index in [9.17, 15) is 0 Å². The molecular weight excluding hydrogens is 194 g/mol. The molecule has 1 saturated carbocycles. The summed E-state index contributed by atoms with van der Waals surface area (Å²) in [4.78, 5) is 2.64. The van der Waals surface area contributed by atoms with Crippen LogP contribution in [-0.2, 0) is 0 Å². The van der Waals surface area contributed by atoms with Gasteiger partial charge in [-0.15, -0.1) is 0 Å². The van der Waals surface area contributed by atoms with Gasteiger partial charge in [0.05, 0.1) is 0 Å². The standard InChI is InChI=1S/C15H21N/c1-2-16-10-13-8-9-14(11-16)15(13)12-6-4-3-5-7-12/h3-7,13-15H,2,8-11H2,1H3. The van der Waals surface area contributed by atoms with Crippen molar-refractivity contribution in [1.29, 1.82) is 0 Å². The van der Waals surface area contributed by atoms with Crippen molar-refractivity contribution in [1.82, 2.24) is 4.90 Å². The number of hydrogen-bond donors (Lipinski definition) is 0. The van der Waals surface area contributed by atoms with E-state index in [0.29, 0.717) is 0 Å². The van der Waals surface area contributed by atoms with Crippen molar-refractivity contribution >= 4 is 0 Å². The Morgan fingerprint density at radius 1 is 1.06 bits per heavy atom. The van der Waals surface area contributed by atoms with E-state index in [1.807, 2.05) is 0 Å². The maximum atomic E-state index is 2.64. The molecule has 2 aliphatic rings. The Kier molecular flexibility index (Phi) is 2.72. The lowest BCUT2D eigenvalue weighted by Gasteiger charge is -2.37. The Hall–Kier alpha value is -0.820. The highest BCUT2D eigenvalue weighted by Crippen LogP contribution is 2.47. The Morgan fingerprint density at radius 2 is 1.69 bits per heavy atom. The van der Waals surface area contributed by atoms with Crippen molar-refractivity contribution in [3.63, 3.8) is 0 Å². The third-order valence-electron chi connectivity index (χ3n) is 4.54. The Balaban J connectivity index is 1.84. The molecule has 1 heterocycles. The van der Waals surface area contributed by atoms with Crippen molar-refractivity contribution in [3.05, 3.63) is 35.9 Å². The van der Waals surface area contributed by atoms with Gasteiger partial charge in [0.1, 0.15) is 0 Å². The predicted octanol–water partition coefficient (Wildman–Crippen LogP) is 3.13. The van der Waals surface area contributed by atoms with Crippen LogP contribution in [0.1, 0.15) is 31.2 Å². The van der Waals surface area contributed by atoms with Gasteiger partial charge in [-0.1, -0.05) is 37.3 Å². The average Bonchev–Trinajstić information content (AvgIpc) is 2.61. The third-order valence-corrected chi connectivity index (χ3v) is 4.54. The van der Waals surface area contributed by atoms with Gasteiger partial charge in [-0.3, -0.25) is 0 Å². The van der Waals surface area contributed by atoms with Crippen molar-refractivity contribution in [3.8, 4) is 0 Å². The molecule has 2 fully saturated rings. The zero-order chi connectivity index (χ0) is 11.0. The molecule has 16 heavy (non-hydrogen) atoms. The minimum absolute atomic E-state index is 0.851. The molecule has 0 amide bonds. The quantitative estimate of drug-likeness (QED) is 0.732. The summed E-state index contributed by atoms with van der Waals surface area (Å²) in [6, 6.07) is 11.2. The van der Waals surface area contributed by atoms with E-state index in [0.717, 1.165) is 17.8 Å². The van der Waals surface area contributed by atoms with Gasteiger partial charge in [0, 0.05) is 13.1 Å². The molecule has 2 unspecified atom stereocenters. The van der Waals surface area contributed by atoms with Crippen LogP contribution in [0, 0.1) is 11.8 Å². The van der Waals surface area contributed by atoms with E-state index in [4.69, 9.17) is 0 Å². The Labute approximate surface area is 98.5 Å². The first-order valence-electron chi connectivity index (χ1n) is 6.65. The fourth-order valence-electron chi connectivity index (χ4n) is 3.80. The molecule has 1 aromatic rings. The number of piperidine rings is 1. The van der Waals surface area contributed by atoms with Gasteiger partial charge in [-0.2, -0.15) is 0 Å². The van der Waals surface area contributed by atoms with Crippen molar-refractivity contribution in [2.45, 2.75) is 25.7 Å². The van der Waals surface area contributed by atoms with Crippen molar-refractivity contribution < 1.29 is 0 Å². The van der Waals surface area contributed by atoms with Crippen LogP contribution in [0.2, 0.25) is 0 Å². The Bertz CT molecular complexity index is 332. The van der Waals surface area contributed by atoms with Gasteiger partial charge >= 0.3 is 0 Å². The van der Waals surface area contributed by atoms with E-state index in [2.05, 4.69) is 42.2 Å². The summed E-state index contributed by atoms with van der Waals surface area (Å²) in [5, 5.41) is 0. The molecule has 0 aromatic heterocycles. The van der Waals surface area contributed by atoms with Gasteiger partial charge in [-0.05, 0) is 42.7 Å². The van der Waals surface area contributed by atoms with Crippen LogP contribution >= 0.6 is 0 Å². The fraction of sp³-hybridized carbons (Fsp3) is 0.600. The number of hydrogen-bond acceptors (Lipinski definition) is 1. The van der Waals surface area contributed by atoms with Crippen LogP contribution in [0.25, 0.3) is 0 Å². The Morgan fingerprint density at radius 3 is 2.25 bits per heavy atom. The second kappa shape index (κ2) is 4.21. The SMILES string of the molecule is CCN1CC2CCC(C1)C2c1ccccc1. The summed E-state index contributed by atoms with van der Waals surface area (Å²) in [6.45, 7) is 6.18. The lowest BCUT2D eigenvalue weighted by molar-refractivity contribution is 0.152. The molecule has 1 aromatic carbocycles. The molecule has 0 radical (unpaired) electrons. The first kappa shape index (κ1) is 10.3. The lowest BCUT2D eigenvalue weighted by Crippen LogP contribution is -2.40. The summed E-state index contributed by atoms with van der Waals surface area (Å²) < 4.78 is 0. The normalized spacial score (nSPS) is 34.2. The second-order valence-electron chi connectivity index (χ2n) is 5.39. The number of rotatable bonds is 2. The molecule has 0 spiro atoms. The van der Waals surface area contributed by atoms with Crippen molar-refractivity contribution in [2.75, 3.05) is 19.6 Å². The summed E-state index contributed by atoms with van der Waals surface area (Å²) in [7, 11) is 0. The van der Waals surface area contributed by atoms with Gasteiger partial charge in [0.15, 0.2) is 0 Å². The summed E-state index contributed by atoms with van der Waals surface area (Å²) in [5.74, 6) is 2.69. The van der Waals surface area contributed by atoms with E-state index < -0.39 is 0 Å². The van der Waals surface area contributed by atoms with Gasteiger partial charge < -0.3 is 4.90 Å². The summed E-state index contributed by atoms with van der Waals surface area (Å²) in [5.41, 5.74) is 1.59. The molecule has 1 aliphatic carbocycles. The molecule has 2 bridgehead atoms. The maximum absolute atomic E-state index is 2.64. The highest BCUT2D eigenvalue weighted by Gasteiger charge is 2.41. The molecule has 2 atom stereocenters. The van der Waals surface area contributed by atoms with Crippen LogP contribution in [0.5, 0.6) is 0 Å². The summed E-state index contributed by atoms with van der Waals surface area (Å²) in [6.07, 6.45) is 2.89. The first-order chi connectivity index (χ1) is 7.88. The number of fused-ring (bicyclic) bond motifs is 2. The van der Waals surface area contributed by atoms with Crippen LogP contribution in [0.3, 0.4) is 0 Å². The minimum atomic E-state index is 0.851. The minimum Gasteiger partial charge on any atom is -0.303 e. The van der Waals surface area contributed by atoms with E-state index in [-0.39, 0.29) is 0 Å². The monoisotopic (exact) mass is 215 g/mol. The highest BCUT2D eigenvalue weighted by molar-refractivity contribution is 5.24. The largest absolute Gasteiger partial charge is 0.303 e. The van der Waals surface area contributed by atoms with Crippen molar-refractivity contribution in [2.24, 2.45) is 11.8 Å². The molecule has 1 saturated heterocycles. The number of likely N-dealkylation sites (tertiary alicyclic amines) is 1. The molecule has 1 nitrogen and oxygen atoms in total. The molecule has 0 N–H and O–H groups in total. The zero-order valence-corrected chi connectivity index (χ0v) is 10.1. The number of benzene rings is 1. The molecule has 86 valence electrons. The molecule has 1 aliphatic heterocycles. The second-order valence-corrected chi connectivity index (χ2v) is 5.39. The average molecular weight is 215 g/mol. The predicted molar refractivity (Wildman–Crippen MR) is 67.5 cm³/mol. The summed E-state index contributed by atoms with van der Waals surface area (Å²) >= 11 is 0. The highest BCUT2D eigenvalue weighted by atomic mass is 15.1. The first-order valence-corrected chi connectivity index (χ1v) is 6.65. The smallest absolute Gasteiger partial charge is 0.00156 e. The zero-order valence-electron chi connectivity index (χ0n) is 10.1. The maximum Gasteiger partial charge on any atom is 0.00156 e. The van der Waals surface area contributed by atoms with Crippen LogP contribution in [0.15, 0.2) is 30.3 Å². The van der Waals surface area contributed by atoms with E-state index in [1.54, 1.807) is 5.56 Å². The molecule has 1 heteroatoms. The van der Waals surface area contributed by atoms with Gasteiger partial charge in [0.25, 0.3) is 0 Å². The fourth-order valence-corrected chi connectivity index (χ4v) is 3.80. The van der Waals surface area contributed by atoms with Crippen LogP contribution < -0.4 is 0 Å². The number of nitrogens with zero attached hydrogens (tertiary/aromatic N) is 1. The van der Waals surface area contributed by atoms with E-state index >= 15 is 0 Å². The van der Waals surface area contributed by atoms with E-state index in [1.165, 1.54) is 32.5 Å². The molecular formula is C15H21N. The third kappa shape index (κ3) is 1.67. The molecule has 3 rings (SSSR count).